The maximum Gasteiger partial charge on any atom is 0.0631 e. The molecule has 0 amide bonds. The Kier molecular flexibility index (Phi) is 3.63. The van der Waals surface area contributed by atoms with Crippen LogP contribution in [-0.2, 0) is 11.2 Å². The largest absolute Gasteiger partial charge is 0.381 e. The van der Waals surface area contributed by atoms with Crippen molar-refractivity contribution < 1.29 is 4.74 Å². The van der Waals surface area contributed by atoms with Gasteiger partial charge in [0.2, 0.25) is 0 Å². The zero-order valence-electron chi connectivity index (χ0n) is 12.1. The minimum Gasteiger partial charge on any atom is -0.381 e. The summed E-state index contributed by atoms with van der Waals surface area (Å²) in [5.74, 6) is 0. The van der Waals surface area contributed by atoms with E-state index in [1.165, 1.54) is 18.5 Å². The van der Waals surface area contributed by atoms with E-state index in [9.17, 15) is 0 Å². The standard InChI is InChI=1S/C15H25N3O/c1-12(2)18-7-5-14(17-18)9-15(6-8-19-11-15)10-16-13-3-4-13/h5,7,12-13,16H,3-4,6,8-11H2,1-2H3. The first-order valence-electron chi connectivity index (χ1n) is 7.52. The quantitative estimate of drug-likeness (QED) is 0.855. The van der Waals surface area contributed by atoms with Crippen molar-refractivity contribution in [3.63, 3.8) is 0 Å². The van der Waals surface area contributed by atoms with Gasteiger partial charge < -0.3 is 10.1 Å². The molecule has 4 nitrogen and oxygen atoms in total. The molecule has 2 heterocycles. The van der Waals surface area contributed by atoms with Gasteiger partial charge in [0, 0.05) is 43.3 Å². The molecular weight excluding hydrogens is 238 g/mol. The van der Waals surface area contributed by atoms with E-state index in [-0.39, 0.29) is 5.41 Å². The van der Waals surface area contributed by atoms with Crippen LogP contribution in [0.1, 0.15) is 44.8 Å². The van der Waals surface area contributed by atoms with E-state index in [0.29, 0.717) is 6.04 Å². The van der Waals surface area contributed by atoms with Gasteiger partial charge in [-0.2, -0.15) is 5.10 Å². The lowest BCUT2D eigenvalue weighted by Gasteiger charge is -2.27. The molecule has 106 valence electrons. The summed E-state index contributed by atoms with van der Waals surface area (Å²) in [6.45, 7) is 7.18. The summed E-state index contributed by atoms with van der Waals surface area (Å²) in [4.78, 5) is 0. The highest BCUT2D eigenvalue weighted by atomic mass is 16.5. The number of nitrogens with one attached hydrogen (secondary N) is 1. The minimum atomic E-state index is 0.263. The molecule has 19 heavy (non-hydrogen) atoms. The van der Waals surface area contributed by atoms with E-state index in [0.717, 1.165) is 38.6 Å². The highest BCUT2D eigenvalue weighted by molar-refractivity contribution is 5.06. The highest BCUT2D eigenvalue weighted by Crippen LogP contribution is 2.33. The summed E-state index contributed by atoms with van der Waals surface area (Å²) in [6, 6.07) is 3.37. The molecule has 1 aliphatic heterocycles. The van der Waals surface area contributed by atoms with Gasteiger partial charge in [-0.15, -0.1) is 0 Å². The zero-order chi connectivity index (χ0) is 13.3. The van der Waals surface area contributed by atoms with Gasteiger partial charge in [0.1, 0.15) is 0 Å². The molecule has 1 unspecified atom stereocenters. The molecule has 1 saturated carbocycles. The summed E-state index contributed by atoms with van der Waals surface area (Å²) in [6.07, 6.45) is 6.98. The smallest absolute Gasteiger partial charge is 0.0631 e. The van der Waals surface area contributed by atoms with Gasteiger partial charge in [-0.1, -0.05) is 0 Å². The van der Waals surface area contributed by atoms with Crippen molar-refractivity contribution in [1.29, 1.82) is 0 Å². The molecule has 0 bridgehead atoms. The van der Waals surface area contributed by atoms with Crippen LogP contribution in [0.15, 0.2) is 12.3 Å². The van der Waals surface area contributed by atoms with Gasteiger partial charge in [-0.25, -0.2) is 0 Å². The maximum atomic E-state index is 5.67. The van der Waals surface area contributed by atoms with E-state index < -0.39 is 0 Å². The Labute approximate surface area is 115 Å². The second kappa shape index (κ2) is 5.25. The molecule has 1 aromatic heterocycles. The van der Waals surface area contributed by atoms with E-state index >= 15 is 0 Å². The van der Waals surface area contributed by atoms with Gasteiger partial charge in [-0.05, 0) is 39.2 Å². The number of aromatic nitrogens is 2. The van der Waals surface area contributed by atoms with Gasteiger partial charge >= 0.3 is 0 Å². The third-order valence-electron chi connectivity index (χ3n) is 4.28. The summed E-state index contributed by atoms with van der Waals surface area (Å²) in [5.41, 5.74) is 1.47. The van der Waals surface area contributed by atoms with Crippen molar-refractivity contribution in [3.05, 3.63) is 18.0 Å². The number of ether oxygens (including phenoxy) is 1. The summed E-state index contributed by atoms with van der Waals surface area (Å²) in [5, 5.41) is 8.37. The van der Waals surface area contributed by atoms with Crippen LogP contribution in [0.25, 0.3) is 0 Å². The van der Waals surface area contributed by atoms with E-state index in [4.69, 9.17) is 9.84 Å². The second-order valence-corrected chi connectivity index (χ2v) is 6.52. The first-order chi connectivity index (χ1) is 9.17. The van der Waals surface area contributed by atoms with Crippen molar-refractivity contribution in [1.82, 2.24) is 15.1 Å². The van der Waals surface area contributed by atoms with Crippen LogP contribution in [0.4, 0.5) is 0 Å². The Morgan fingerprint density at radius 3 is 2.95 bits per heavy atom. The van der Waals surface area contributed by atoms with Crippen LogP contribution in [0.2, 0.25) is 0 Å². The van der Waals surface area contributed by atoms with Crippen LogP contribution in [-0.4, -0.2) is 35.6 Å². The van der Waals surface area contributed by atoms with Crippen LogP contribution in [0.3, 0.4) is 0 Å². The normalized spacial score (nSPS) is 27.3. The first kappa shape index (κ1) is 13.1. The number of rotatable bonds is 6. The molecule has 3 rings (SSSR count). The number of hydrogen-bond donors (Lipinski definition) is 1. The zero-order valence-corrected chi connectivity index (χ0v) is 12.1. The third kappa shape index (κ3) is 3.18. The Balaban J connectivity index is 1.65. The fraction of sp³-hybridized carbons (Fsp3) is 0.800. The molecule has 2 aliphatic rings. The van der Waals surface area contributed by atoms with Crippen molar-refractivity contribution in [2.45, 2.75) is 51.6 Å². The van der Waals surface area contributed by atoms with Crippen molar-refractivity contribution in [3.8, 4) is 0 Å². The monoisotopic (exact) mass is 263 g/mol. The van der Waals surface area contributed by atoms with Crippen LogP contribution in [0.5, 0.6) is 0 Å². The summed E-state index contributed by atoms with van der Waals surface area (Å²) >= 11 is 0. The Bertz CT molecular complexity index is 417. The maximum absolute atomic E-state index is 5.67. The van der Waals surface area contributed by atoms with Gasteiger partial charge in [0.25, 0.3) is 0 Å². The second-order valence-electron chi connectivity index (χ2n) is 6.52. The lowest BCUT2D eigenvalue weighted by atomic mass is 9.82. The predicted molar refractivity (Wildman–Crippen MR) is 75.2 cm³/mol. The lowest BCUT2D eigenvalue weighted by Crippen LogP contribution is -2.37. The molecule has 4 heteroatoms. The van der Waals surface area contributed by atoms with E-state index in [2.05, 4.69) is 31.4 Å². The molecule has 1 saturated heterocycles. The van der Waals surface area contributed by atoms with Crippen molar-refractivity contribution in [2.24, 2.45) is 5.41 Å². The van der Waals surface area contributed by atoms with Crippen LogP contribution in [0, 0.1) is 5.41 Å². The average molecular weight is 263 g/mol. The van der Waals surface area contributed by atoms with Crippen molar-refractivity contribution >= 4 is 0 Å². The number of nitrogens with zero attached hydrogens (tertiary/aromatic N) is 2. The molecule has 1 aliphatic carbocycles. The molecule has 2 fully saturated rings. The molecule has 0 radical (unpaired) electrons. The molecule has 1 N–H and O–H groups in total. The number of hydrogen-bond acceptors (Lipinski definition) is 3. The van der Waals surface area contributed by atoms with Crippen molar-refractivity contribution in [2.75, 3.05) is 19.8 Å². The SMILES string of the molecule is CC(C)n1ccc(CC2(CNC3CC3)CCOC2)n1. The average Bonchev–Trinajstić information content (AvgIpc) is 2.91. The van der Waals surface area contributed by atoms with Crippen LogP contribution < -0.4 is 5.32 Å². The van der Waals surface area contributed by atoms with Gasteiger partial charge in [0.15, 0.2) is 0 Å². The summed E-state index contributed by atoms with van der Waals surface area (Å²) < 4.78 is 7.71. The Hall–Kier alpha value is -0.870. The molecule has 0 spiro atoms. The molecule has 1 atom stereocenters. The Morgan fingerprint density at radius 2 is 2.37 bits per heavy atom. The lowest BCUT2D eigenvalue weighted by molar-refractivity contribution is 0.148. The van der Waals surface area contributed by atoms with Crippen LogP contribution >= 0.6 is 0 Å². The minimum absolute atomic E-state index is 0.263. The van der Waals surface area contributed by atoms with E-state index in [1.54, 1.807) is 0 Å². The van der Waals surface area contributed by atoms with Gasteiger partial charge in [0.05, 0.1) is 12.3 Å². The fourth-order valence-corrected chi connectivity index (χ4v) is 2.78. The summed E-state index contributed by atoms with van der Waals surface area (Å²) in [7, 11) is 0. The third-order valence-corrected chi connectivity index (χ3v) is 4.28. The molecular formula is C15H25N3O. The predicted octanol–water partition coefficient (Wildman–Crippen LogP) is 2.17. The highest BCUT2D eigenvalue weighted by Gasteiger charge is 2.37. The van der Waals surface area contributed by atoms with E-state index in [1.807, 2.05) is 4.68 Å². The Morgan fingerprint density at radius 1 is 1.53 bits per heavy atom. The molecule has 1 aromatic rings. The fourth-order valence-electron chi connectivity index (χ4n) is 2.78. The molecule has 0 aromatic carbocycles. The topological polar surface area (TPSA) is 39.1 Å². The van der Waals surface area contributed by atoms with Gasteiger partial charge in [-0.3, -0.25) is 4.68 Å². The first-order valence-corrected chi connectivity index (χ1v) is 7.52.